The third kappa shape index (κ3) is 5.87. The van der Waals surface area contributed by atoms with Gasteiger partial charge in [0.15, 0.2) is 5.82 Å². The number of benzene rings is 3. The Morgan fingerprint density at radius 2 is 1.76 bits per heavy atom. The molecule has 0 amide bonds. The van der Waals surface area contributed by atoms with Crippen molar-refractivity contribution in [3.05, 3.63) is 112 Å². The molecule has 238 valence electrons. The van der Waals surface area contributed by atoms with Gasteiger partial charge in [0, 0.05) is 22.7 Å². The molecule has 2 heterocycles. The molecule has 6 rings (SSSR count). The smallest absolute Gasteiger partial charge is 0.392 e. The number of rotatable bonds is 9. The minimum absolute atomic E-state index is 0.0548. The molecule has 1 fully saturated rings. The number of sulfonamides is 1. The van der Waals surface area contributed by atoms with Crippen LogP contribution in [0.2, 0.25) is 5.02 Å². The maximum atomic E-state index is 14.1. The molecule has 0 saturated heterocycles. The highest BCUT2D eigenvalue weighted by molar-refractivity contribution is 7.92. The molecule has 2 atom stereocenters. The molecule has 0 aliphatic heterocycles. The normalized spacial score (nSPS) is 16.3. The molecular formula is C32H26ClF3N4O5S. The summed E-state index contributed by atoms with van der Waals surface area (Å²) >= 11 is 6.48. The predicted octanol–water partition coefficient (Wildman–Crippen LogP) is 6.51. The quantitative estimate of drug-likeness (QED) is 0.176. The van der Waals surface area contributed by atoms with Crippen molar-refractivity contribution in [2.24, 2.45) is 5.92 Å². The summed E-state index contributed by atoms with van der Waals surface area (Å²) in [6.45, 7) is -0.0548. The lowest BCUT2D eigenvalue weighted by Crippen LogP contribution is -2.31. The van der Waals surface area contributed by atoms with E-state index in [1.54, 1.807) is 30.3 Å². The second-order valence-corrected chi connectivity index (χ2v) is 13.0. The number of methoxy groups -OCH3 is 2. The molecule has 0 bridgehead atoms. The number of anilines is 1. The molecule has 1 saturated carbocycles. The van der Waals surface area contributed by atoms with Crippen molar-refractivity contribution in [3.8, 4) is 17.2 Å². The number of aromatic nitrogens is 3. The SMILES string of the molecule is COc1ccc(CN(c2cccnn2)S(=O)(=O)c2ccc3c(ccc(=O)n3-c3cc(Cl)c([C@H]4C[C@@H]4C(F)(F)F)cc3OC)c2)cc1. The molecule has 0 radical (unpaired) electrons. The van der Waals surface area contributed by atoms with Gasteiger partial charge in [-0.05, 0) is 84.1 Å². The predicted molar refractivity (Wildman–Crippen MR) is 166 cm³/mol. The largest absolute Gasteiger partial charge is 0.497 e. The van der Waals surface area contributed by atoms with E-state index < -0.39 is 33.6 Å². The van der Waals surface area contributed by atoms with Gasteiger partial charge in [-0.2, -0.15) is 18.3 Å². The van der Waals surface area contributed by atoms with E-state index in [0.717, 1.165) is 4.31 Å². The summed E-state index contributed by atoms with van der Waals surface area (Å²) in [5, 5.41) is 8.35. The third-order valence-electron chi connectivity index (χ3n) is 7.90. The van der Waals surface area contributed by atoms with Gasteiger partial charge in [0.25, 0.3) is 15.6 Å². The van der Waals surface area contributed by atoms with Gasteiger partial charge < -0.3 is 9.47 Å². The summed E-state index contributed by atoms with van der Waals surface area (Å²) in [5.74, 6) is -1.43. The van der Waals surface area contributed by atoms with Crippen LogP contribution in [0.15, 0.2) is 94.7 Å². The van der Waals surface area contributed by atoms with Gasteiger partial charge in [-0.1, -0.05) is 23.7 Å². The minimum Gasteiger partial charge on any atom is -0.497 e. The molecule has 0 spiro atoms. The Hall–Kier alpha value is -4.62. The topological polar surface area (TPSA) is 104 Å². The summed E-state index contributed by atoms with van der Waals surface area (Å²) in [6.07, 6.45) is -2.99. The number of alkyl halides is 3. The maximum absolute atomic E-state index is 14.1. The molecule has 1 aliphatic rings. The van der Waals surface area contributed by atoms with Crippen molar-refractivity contribution in [2.75, 3.05) is 18.5 Å². The molecule has 0 N–H and O–H groups in total. The zero-order valence-corrected chi connectivity index (χ0v) is 26.0. The highest BCUT2D eigenvalue weighted by Gasteiger charge is 2.56. The van der Waals surface area contributed by atoms with Crippen LogP contribution in [0.3, 0.4) is 0 Å². The van der Waals surface area contributed by atoms with Crippen LogP contribution in [0.1, 0.15) is 23.5 Å². The van der Waals surface area contributed by atoms with E-state index in [1.807, 2.05) is 0 Å². The molecular weight excluding hydrogens is 645 g/mol. The van der Waals surface area contributed by atoms with E-state index in [4.69, 9.17) is 21.1 Å². The first kappa shape index (κ1) is 31.4. The van der Waals surface area contributed by atoms with Crippen molar-refractivity contribution in [2.45, 2.75) is 30.0 Å². The summed E-state index contributed by atoms with van der Waals surface area (Å²) in [7, 11) is -1.34. The second-order valence-electron chi connectivity index (χ2n) is 10.7. The molecule has 9 nitrogen and oxygen atoms in total. The Kier molecular flexibility index (Phi) is 8.15. The number of hydrogen-bond acceptors (Lipinski definition) is 7. The number of fused-ring (bicyclic) bond motifs is 1. The minimum atomic E-state index is -4.35. The van der Waals surface area contributed by atoms with Crippen molar-refractivity contribution in [1.82, 2.24) is 14.8 Å². The number of ether oxygens (including phenoxy) is 2. The third-order valence-corrected chi connectivity index (χ3v) is 9.98. The van der Waals surface area contributed by atoms with E-state index in [-0.39, 0.29) is 45.7 Å². The van der Waals surface area contributed by atoms with Crippen LogP contribution in [0, 0.1) is 5.92 Å². The van der Waals surface area contributed by atoms with Crippen LogP contribution in [0.5, 0.6) is 11.5 Å². The Morgan fingerprint density at radius 1 is 1.00 bits per heavy atom. The summed E-state index contributed by atoms with van der Waals surface area (Å²) < 4.78 is 81.2. The van der Waals surface area contributed by atoms with Crippen molar-refractivity contribution >= 4 is 38.3 Å². The summed E-state index contributed by atoms with van der Waals surface area (Å²) in [4.78, 5) is 13.1. The van der Waals surface area contributed by atoms with Gasteiger partial charge in [-0.15, -0.1) is 5.10 Å². The average molecular weight is 671 g/mol. The van der Waals surface area contributed by atoms with E-state index in [2.05, 4.69) is 10.2 Å². The molecule has 2 aromatic heterocycles. The highest BCUT2D eigenvalue weighted by Crippen LogP contribution is 2.58. The van der Waals surface area contributed by atoms with Crippen LogP contribution < -0.4 is 19.3 Å². The Morgan fingerprint density at radius 3 is 2.39 bits per heavy atom. The second kappa shape index (κ2) is 12.0. The van der Waals surface area contributed by atoms with Gasteiger partial charge in [0.05, 0.1) is 42.8 Å². The van der Waals surface area contributed by atoms with Crippen molar-refractivity contribution in [3.63, 3.8) is 0 Å². The van der Waals surface area contributed by atoms with Crippen LogP contribution in [0.4, 0.5) is 19.0 Å². The van der Waals surface area contributed by atoms with Crippen LogP contribution in [-0.4, -0.2) is 43.6 Å². The maximum Gasteiger partial charge on any atom is 0.392 e. The lowest BCUT2D eigenvalue weighted by Gasteiger charge is -2.23. The van der Waals surface area contributed by atoms with Crippen LogP contribution >= 0.6 is 11.6 Å². The fourth-order valence-electron chi connectivity index (χ4n) is 5.45. The monoisotopic (exact) mass is 670 g/mol. The Balaban J connectivity index is 1.42. The molecule has 46 heavy (non-hydrogen) atoms. The fraction of sp³-hybridized carbons (Fsp3) is 0.219. The van der Waals surface area contributed by atoms with Gasteiger partial charge >= 0.3 is 6.18 Å². The Labute approximate surface area is 266 Å². The standard InChI is InChI=1S/C32H26ClF3N4O5S/c1-44-21-8-5-19(6-9-21)18-39(30-4-3-13-37-38-30)46(42,43)22-10-11-27-20(14-22)7-12-31(41)40(27)28-17-26(33)24(16-29(28)45-2)23-15-25(23)32(34,35)36/h3-14,16-17,23,25H,15,18H2,1-2H3/t23-,25+/m1/s1. The Bertz CT molecular complexity index is 2090. The fourth-order valence-corrected chi connectivity index (χ4v) is 7.19. The van der Waals surface area contributed by atoms with Crippen molar-refractivity contribution in [1.29, 1.82) is 0 Å². The lowest BCUT2D eigenvalue weighted by molar-refractivity contribution is -0.148. The van der Waals surface area contributed by atoms with Crippen LogP contribution in [-0.2, 0) is 16.6 Å². The van der Waals surface area contributed by atoms with Gasteiger partial charge in [0.1, 0.15) is 11.5 Å². The zero-order chi connectivity index (χ0) is 32.8. The zero-order valence-electron chi connectivity index (χ0n) is 24.4. The summed E-state index contributed by atoms with van der Waals surface area (Å²) in [6, 6.07) is 19.9. The molecule has 1 aliphatic carbocycles. The van der Waals surface area contributed by atoms with E-state index in [1.165, 1.54) is 73.5 Å². The van der Waals surface area contributed by atoms with Gasteiger partial charge in [0.2, 0.25) is 0 Å². The lowest BCUT2D eigenvalue weighted by atomic mass is 10.1. The molecule has 3 aromatic carbocycles. The first-order valence-electron chi connectivity index (χ1n) is 14.0. The summed E-state index contributed by atoms with van der Waals surface area (Å²) in [5.41, 5.74) is 1.00. The molecule has 5 aromatic rings. The molecule has 0 unspecified atom stereocenters. The average Bonchev–Trinajstić information content (AvgIpc) is 3.86. The van der Waals surface area contributed by atoms with Gasteiger partial charge in [-0.3, -0.25) is 9.36 Å². The number of nitrogens with zero attached hydrogens (tertiary/aromatic N) is 4. The van der Waals surface area contributed by atoms with Gasteiger partial charge in [-0.25, -0.2) is 12.7 Å². The number of halogens is 4. The first-order valence-corrected chi connectivity index (χ1v) is 15.8. The van der Waals surface area contributed by atoms with E-state index >= 15 is 0 Å². The van der Waals surface area contributed by atoms with E-state index in [0.29, 0.717) is 22.2 Å². The van der Waals surface area contributed by atoms with Crippen LogP contribution in [0.25, 0.3) is 16.6 Å². The van der Waals surface area contributed by atoms with E-state index in [9.17, 15) is 26.4 Å². The number of hydrogen-bond donors (Lipinski definition) is 0. The first-order chi connectivity index (χ1) is 21.9. The number of pyridine rings is 1. The van der Waals surface area contributed by atoms with Crippen molar-refractivity contribution < 1.29 is 31.1 Å². The molecule has 14 heteroatoms. The highest BCUT2D eigenvalue weighted by atomic mass is 35.5.